The molecule has 0 amide bonds. The zero-order valence-electron chi connectivity index (χ0n) is 3.08. The van der Waals surface area contributed by atoms with Crippen LogP contribution in [0.15, 0.2) is 0 Å². The molecule has 0 aromatic heterocycles. The Morgan fingerprint density at radius 1 is 1.17 bits per heavy atom. The van der Waals surface area contributed by atoms with Crippen LogP contribution in [0.5, 0.6) is 0 Å². The van der Waals surface area contributed by atoms with Crippen molar-refractivity contribution in [2.24, 2.45) is 0 Å². The van der Waals surface area contributed by atoms with E-state index in [1.165, 1.54) is 0 Å². The fourth-order valence-electron chi connectivity index (χ4n) is 0. The van der Waals surface area contributed by atoms with Crippen molar-refractivity contribution < 1.29 is 19.2 Å². The van der Waals surface area contributed by atoms with Gasteiger partial charge in [-0.25, -0.2) is 0 Å². The topological polar surface area (TPSA) is 86.2 Å². The number of hydrogen-bond acceptors (Lipinski definition) is 4. The maximum atomic E-state index is 8.55. The van der Waals surface area contributed by atoms with Gasteiger partial charge in [-0.2, -0.15) is 7.82 Å². The van der Waals surface area contributed by atoms with Crippen LogP contribution in [-0.2, 0) is 4.57 Å². The Bertz CT molecular complexity index is 53.7. The minimum Gasteiger partial charge on any atom is -0.822 e. The molecule has 0 atom stereocenters. The van der Waals surface area contributed by atoms with Gasteiger partial charge in [0, 0.05) is 29.6 Å². The molecule has 0 aromatic carbocycles. The SMILES string of the molecule is O=P([O-])([O-])[O-].[Na]. The summed E-state index contributed by atoms with van der Waals surface area (Å²) in [5.74, 6) is 0. The van der Waals surface area contributed by atoms with Crippen molar-refractivity contribution in [1.29, 1.82) is 0 Å². The van der Waals surface area contributed by atoms with Crippen molar-refractivity contribution in [1.82, 2.24) is 0 Å². The third-order valence-electron chi connectivity index (χ3n) is 0. The van der Waals surface area contributed by atoms with E-state index in [-0.39, 0.29) is 29.6 Å². The van der Waals surface area contributed by atoms with Gasteiger partial charge < -0.3 is 19.2 Å². The first-order valence-corrected chi connectivity index (χ1v) is 2.19. The van der Waals surface area contributed by atoms with Gasteiger partial charge in [-0.3, -0.25) is 0 Å². The molecule has 0 saturated carbocycles. The summed E-state index contributed by atoms with van der Waals surface area (Å²) in [6.45, 7) is 0. The molecular formula is NaO4P-3. The van der Waals surface area contributed by atoms with Gasteiger partial charge in [0.25, 0.3) is 0 Å². The van der Waals surface area contributed by atoms with Crippen molar-refractivity contribution in [2.45, 2.75) is 0 Å². The van der Waals surface area contributed by atoms with E-state index in [0.717, 1.165) is 0 Å². The van der Waals surface area contributed by atoms with Crippen LogP contribution in [0.3, 0.4) is 0 Å². The van der Waals surface area contributed by atoms with Crippen LogP contribution in [0.1, 0.15) is 0 Å². The Morgan fingerprint density at radius 2 is 1.17 bits per heavy atom. The summed E-state index contributed by atoms with van der Waals surface area (Å²) in [6.07, 6.45) is 0. The van der Waals surface area contributed by atoms with Gasteiger partial charge in [0.15, 0.2) is 0 Å². The quantitative estimate of drug-likeness (QED) is 0.247. The van der Waals surface area contributed by atoms with E-state index in [9.17, 15) is 0 Å². The third kappa shape index (κ3) is 70.1. The largest absolute Gasteiger partial charge is 0.822 e. The average Bonchev–Trinajstić information content (AvgIpc) is 0.722. The van der Waals surface area contributed by atoms with Crippen molar-refractivity contribution in [3.05, 3.63) is 0 Å². The Morgan fingerprint density at radius 3 is 1.17 bits per heavy atom. The molecule has 4 nitrogen and oxygen atoms in total. The number of phosphoric acid groups is 1. The van der Waals surface area contributed by atoms with Gasteiger partial charge in [0.1, 0.15) is 0 Å². The maximum absolute atomic E-state index is 8.55. The zero-order valence-corrected chi connectivity index (χ0v) is 5.97. The van der Waals surface area contributed by atoms with Crippen LogP contribution in [0.2, 0.25) is 0 Å². The van der Waals surface area contributed by atoms with Crippen molar-refractivity contribution in [2.75, 3.05) is 0 Å². The Hall–Kier alpha value is 1.11. The fourth-order valence-corrected chi connectivity index (χ4v) is 0. The first-order valence-electron chi connectivity index (χ1n) is 0.730. The van der Waals surface area contributed by atoms with Gasteiger partial charge in [-0.15, -0.1) is 0 Å². The molecule has 6 heavy (non-hydrogen) atoms. The van der Waals surface area contributed by atoms with E-state index in [0.29, 0.717) is 0 Å². The second-order valence-corrected chi connectivity index (χ2v) is 1.34. The Labute approximate surface area is 56.7 Å². The number of hydrogen-bond donors (Lipinski definition) is 0. The van der Waals surface area contributed by atoms with E-state index >= 15 is 0 Å². The van der Waals surface area contributed by atoms with Gasteiger partial charge in [0.05, 0.1) is 0 Å². The van der Waals surface area contributed by atoms with Crippen LogP contribution >= 0.6 is 7.82 Å². The summed E-state index contributed by atoms with van der Waals surface area (Å²) in [4.78, 5) is 25.6. The monoisotopic (exact) mass is 118 g/mol. The molecule has 0 bridgehead atoms. The molecule has 0 aromatic rings. The molecule has 0 saturated heterocycles. The first-order chi connectivity index (χ1) is 2.00. The van der Waals surface area contributed by atoms with Crippen molar-refractivity contribution in [3.63, 3.8) is 0 Å². The van der Waals surface area contributed by atoms with E-state index in [1.807, 2.05) is 0 Å². The predicted octanol–water partition coefficient (Wildman–Crippen LogP) is -3.21. The fraction of sp³-hybridized carbons (Fsp3) is 0. The molecule has 0 N–H and O–H groups in total. The third-order valence-corrected chi connectivity index (χ3v) is 0. The minimum absolute atomic E-state index is 0. The van der Waals surface area contributed by atoms with Gasteiger partial charge in [0.2, 0.25) is 0 Å². The molecule has 6 heteroatoms. The van der Waals surface area contributed by atoms with Crippen LogP contribution in [-0.4, -0.2) is 29.6 Å². The molecule has 1 radical (unpaired) electrons. The van der Waals surface area contributed by atoms with Gasteiger partial charge in [-0.1, -0.05) is 0 Å². The molecule has 0 aliphatic heterocycles. The van der Waals surface area contributed by atoms with Gasteiger partial charge >= 0.3 is 0 Å². The molecule has 0 fully saturated rings. The van der Waals surface area contributed by atoms with E-state index in [1.54, 1.807) is 0 Å². The Balaban J connectivity index is 0. The summed E-state index contributed by atoms with van der Waals surface area (Å²) in [5.41, 5.74) is 0. The van der Waals surface area contributed by atoms with E-state index < -0.39 is 7.82 Å². The molecular weight excluding hydrogens is 118 g/mol. The van der Waals surface area contributed by atoms with Crippen LogP contribution in [0, 0.1) is 0 Å². The summed E-state index contributed by atoms with van der Waals surface area (Å²) in [7, 11) is -5.39. The minimum atomic E-state index is -5.39. The summed E-state index contributed by atoms with van der Waals surface area (Å²) >= 11 is 0. The van der Waals surface area contributed by atoms with E-state index in [2.05, 4.69) is 0 Å². The van der Waals surface area contributed by atoms with Crippen molar-refractivity contribution >= 4 is 37.4 Å². The molecule has 0 heterocycles. The number of rotatable bonds is 0. The van der Waals surface area contributed by atoms with Gasteiger partial charge in [-0.05, 0) is 0 Å². The molecule has 0 rings (SSSR count). The van der Waals surface area contributed by atoms with Crippen LogP contribution in [0.4, 0.5) is 0 Å². The smallest absolute Gasteiger partial charge is 0 e. The van der Waals surface area contributed by atoms with Crippen LogP contribution < -0.4 is 14.7 Å². The molecule has 0 aliphatic rings. The average molecular weight is 118 g/mol. The summed E-state index contributed by atoms with van der Waals surface area (Å²) in [5, 5.41) is 0. The Kier molecular flexibility index (Phi) is 5.35. The molecule has 0 aliphatic carbocycles. The molecule has 0 unspecified atom stereocenters. The standard InChI is InChI=1S/Na.H3O4P/c;1-5(2,3)4/h;(H3,1,2,3,4)/p-3. The second-order valence-electron chi connectivity index (χ2n) is 0.447. The summed E-state index contributed by atoms with van der Waals surface area (Å²) < 4.78 is 8.55. The molecule has 33 valence electrons. The van der Waals surface area contributed by atoms with Crippen molar-refractivity contribution in [3.8, 4) is 0 Å². The normalized spacial score (nSPS) is 9.83. The zero-order chi connectivity index (χ0) is 4.50. The van der Waals surface area contributed by atoms with Crippen LogP contribution in [0.25, 0.3) is 0 Å². The summed E-state index contributed by atoms with van der Waals surface area (Å²) in [6, 6.07) is 0. The van der Waals surface area contributed by atoms with E-state index in [4.69, 9.17) is 19.2 Å². The molecule has 0 spiro atoms. The second kappa shape index (κ2) is 3.16. The maximum Gasteiger partial charge on any atom is 0 e. The predicted molar refractivity (Wildman–Crippen MR) is 13.4 cm³/mol. The first kappa shape index (κ1) is 10.2.